The average molecular weight is 295 g/mol. The number of nitrogens with zero attached hydrogens (tertiary/aromatic N) is 2. The van der Waals surface area contributed by atoms with Gasteiger partial charge in [-0.2, -0.15) is 0 Å². The van der Waals surface area contributed by atoms with E-state index in [0.29, 0.717) is 11.6 Å². The van der Waals surface area contributed by atoms with E-state index in [4.69, 9.17) is 0 Å². The van der Waals surface area contributed by atoms with Crippen LogP contribution in [-0.4, -0.2) is 33.9 Å². The molecule has 4 rings (SSSR count). The van der Waals surface area contributed by atoms with Gasteiger partial charge in [-0.3, -0.25) is 14.6 Å². The molecule has 2 aromatic rings. The number of aromatic nitrogens is 2. The summed E-state index contributed by atoms with van der Waals surface area (Å²) in [6.07, 6.45) is 5.66. The fraction of sp³-hybridized carbons (Fsp3) is 0.353. The maximum atomic E-state index is 12.5. The number of hydrogen-bond acceptors (Lipinski definition) is 3. The van der Waals surface area contributed by atoms with Crippen molar-refractivity contribution in [2.45, 2.75) is 12.8 Å². The third-order valence-corrected chi connectivity index (χ3v) is 4.71. The summed E-state index contributed by atoms with van der Waals surface area (Å²) in [4.78, 5) is 33.4. The predicted molar refractivity (Wildman–Crippen MR) is 82.4 cm³/mol. The number of pyridine rings is 2. The fourth-order valence-corrected chi connectivity index (χ4v) is 3.28. The van der Waals surface area contributed by atoms with Crippen LogP contribution in [0.4, 0.5) is 0 Å². The van der Waals surface area contributed by atoms with E-state index in [9.17, 15) is 9.59 Å². The molecule has 0 bridgehead atoms. The predicted octanol–water partition coefficient (Wildman–Crippen LogP) is 1.92. The molecular formula is C17H17N3O2. The standard InChI is InChI=1S/C17H17N3O2/c21-16-14(17(22)20-8-5-12-9-13(12)10-20)1-2-15(19-16)11-3-6-18-7-4-11/h1-4,6-7,12-13H,5,8-10H2,(H,19,21). The van der Waals surface area contributed by atoms with Crippen LogP contribution >= 0.6 is 0 Å². The van der Waals surface area contributed by atoms with Crippen LogP contribution in [0.5, 0.6) is 0 Å². The maximum absolute atomic E-state index is 12.5. The van der Waals surface area contributed by atoms with E-state index >= 15 is 0 Å². The van der Waals surface area contributed by atoms with Crippen LogP contribution < -0.4 is 5.56 Å². The number of aromatic amines is 1. The van der Waals surface area contributed by atoms with Gasteiger partial charge in [0.15, 0.2) is 0 Å². The third-order valence-electron chi connectivity index (χ3n) is 4.71. The van der Waals surface area contributed by atoms with E-state index < -0.39 is 0 Å². The van der Waals surface area contributed by atoms with E-state index in [-0.39, 0.29) is 17.0 Å². The van der Waals surface area contributed by atoms with Gasteiger partial charge in [0.1, 0.15) is 5.56 Å². The summed E-state index contributed by atoms with van der Waals surface area (Å²) in [6, 6.07) is 7.07. The highest BCUT2D eigenvalue weighted by atomic mass is 16.2. The molecule has 0 spiro atoms. The Hall–Kier alpha value is -2.43. The molecule has 0 radical (unpaired) electrons. The molecule has 2 atom stereocenters. The first-order valence-corrected chi connectivity index (χ1v) is 7.65. The Morgan fingerprint density at radius 3 is 2.73 bits per heavy atom. The molecular weight excluding hydrogens is 278 g/mol. The molecule has 1 N–H and O–H groups in total. The minimum Gasteiger partial charge on any atom is -0.338 e. The van der Waals surface area contributed by atoms with Crippen molar-refractivity contribution in [2.24, 2.45) is 11.8 Å². The Labute approximate surface area is 128 Å². The summed E-state index contributed by atoms with van der Waals surface area (Å²) >= 11 is 0. The SMILES string of the molecule is O=C(c1ccc(-c2ccncc2)[nH]c1=O)N1CCC2CC2C1. The van der Waals surface area contributed by atoms with Gasteiger partial charge >= 0.3 is 0 Å². The van der Waals surface area contributed by atoms with Crippen LogP contribution in [0.25, 0.3) is 11.3 Å². The summed E-state index contributed by atoms with van der Waals surface area (Å²) in [6.45, 7) is 1.57. The van der Waals surface area contributed by atoms with Crippen LogP contribution in [0.15, 0.2) is 41.5 Å². The monoisotopic (exact) mass is 295 g/mol. The molecule has 112 valence electrons. The highest BCUT2D eigenvalue weighted by Gasteiger charge is 2.42. The quantitative estimate of drug-likeness (QED) is 0.920. The summed E-state index contributed by atoms with van der Waals surface area (Å²) in [5.41, 5.74) is 1.49. The van der Waals surface area contributed by atoms with Gasteiger partial charge in [0.2, 0.25) is 0 Å². The number of amides is 1. The minimum absolute atomic E-state index is 0.145. The van der Waals surface area contributed by atoms with Gasteiger partial charge in [-0.15, -0.1) is 0 Å². The first kappa shape index (κ1) is 13.2. The lowest BCUT2D eigenvalue weighted by atomic mass is 10.1. The van der Waals surface area contributed by atoms with E-state index in [1.54, 1.807) is 24.5 Å². The minimum atomic E-state index is -0.322. The Bertz CT molecular complexity index is 769. The van der Waals surface area contributed by atoms with Gasteiger partial charge in [0.25, 0.3) is 11.5 Å². The van der Waals surface area contributed by atoms with Crippen molar-refractivity contribution in [3.63, 3.8) is 0 Å². The van der Waals surface area contributed by atoms with Crippen molar-refractivity contribution in [3.8, 4) is 11.3 Å². The van der Waals surface area contributed by atoms with Crippen LogP contribution in [0, 0.1) is 11.8 Å². The lowest BCUT2D eigenvalue weighted by Crippen LogP contribution is -2.39. The number of carbonyl (C=O) groups excluding carboxylic acids is 1. The largest absolute Gasteiger partial charge is 0.338 e. The van der Waals surface area contributed by atoms with Crippen molar-refractivity contribution in [1.29, 1.82) is 0 Å². The lowest BCUT2D eigenvalue weighted by molar-refractivity contribution is 0.0714. The van der Waals surface area contributed by atoms with E-state index in [2.05, 4.69) is 9.97 Å². The molecule has 1 amide bonds. The molecule has 2 fully saturated rings. The fourth-order valence-electron chi connectivity index (χ4n) is 3.28. The summed E-state index contributed by atoms with van der Waals surface area (Å²) < 4.78 is 0. The number of fused-ring (bicyclic) bond motifs is 1. The number of H-pyrrole nitrogens is 1. The second-order valence-corrected chi connectivity index (χ2v) is 6.15. The smallest absolute Gasteiger partial charge is 0.261 e. The second-order valence-electron chi connectivity index (χ2n) is 6.15. The zero-order chi connectivity index (χ0) is 15.1. The molecule has 1 saturated heterocycles. The van der Waals surface area contributed by atoms with E-state index in [1.165, 1.54) is 6.42 Å². The molecule has 0 aromatic carbocycles. The molecule has 5 nitrogen and oxygen atoms in total. The zero-order valence-electron chi connectivity index (χ0n) is 12.2. The van der Waals surface area contributed by atoms with Gasteiger partial charge in [0, 0.05) is 36.7 Å². The number of likely N-dealkylation sites (tertiary alicyclic amines) is 1. The number of piperidine rings is 1. The molecule has 1 aliphatic carbocycles. The van der Waals surface area contributed by atoms with Gasteiger partial charge < -0.3 is 9.88 Å². The normalized spacial score (nSPS) is 23.0. The van der Waals surface area contributed by atoms with E-state index in [0.717, 1.165) is 31.0 Å². The van der Waals surface area contributed by atoms with Crippen molar-refractivity contribution in [1.82, 2.24) is 14.9 Å². The molecule has 2 aromatic heterocycles. The van der Waals surface area contributed by atoms with Crippen molar-refractivity contribution in [2.75, 3.05) is 13.1 Å². The van der Waals surface area contributed by atoms with Crippen LogP contribution in [0.1, 0.15) is 23.2 Å². The van der Waals surface area contributed by atoms with Gasteiger partial charge in [-0.1, -0.05) is 0 Å². The molecule has 1 aliphatic heterocycles. The Morgan fingerprint density at radius 1 is 1.18 bits per heavy atom. The summed E-state index contributed by atoms with van der Waals surface area (Å²) in [7, 11) is 0. The Balaban J connectivity index is 1.60. The second kappa shape index (κ2) is 5.09. The number of nitrogens with one attached hydrogen (secondary N) is 1. The van der Waals surface area contributed by atoms with Crippen LogP contribution in [0.2, 0.25) is 0 Å². The summed E-state index contributed by atoms with van der Waals surface area (Å²) in [5.74, 6) is 1.33. The van der Waals surface area contributed by atoms with Crippen LogP contribution in [-0.2, 0) is 0 Å². The summed E-state index contributed by atoms with van der Waals surface area (Å²) in [5, 5.41) is 0. The third kappa shape index (κ3) is 2.32. The molecule has 22 heavy (non-hydrogen) atoms. The Morgan fingerprint density at radius 2 is 2.00 bits per heavy atom. The lowest BCUT2D eigenvalue weighted by Gasteiger charge is -2.26. The van der Waals surface area contributed by atoms with Gasteiger partial charge in [-0.05, 0) is 48.9 Å². The topological polar surface area (TPSA) is 66.1 Å². The number of rotatable bonds is 2. The van der Waals surface area contributed by atoms with Crippen LogP contribution in [0.3, 0.4) is 0 Å². The molecule has 1 saturated carbocycles. The highest BCUT2D eigenvalue weighted by molar-refractivity contribution is 5.94. The number of hydrogen-bond donors (Lipinski definition) is 1. The van der Waals surface area contributed by atoms with Gasteiger partial charge in [-0.25, -0.2) is 0 Å². The first-order valence-electron chi connectivity index (χ1n) is 7.65. The average Bonchev–Trinajstić information content (AvgIpc) is 3.33. The molecule has 3 heterocycles. The number of carbonyl (C=O) groups is 1. The van der Waals surface area contributed by atoms with Crippen molar-refractivity contribution in [3.05, 3.63) is 52.6 Å². The highest BCUT2D eigenvalue weighted by Crippen LogP contribution is 2.44. The molecule has 2 unspecified atom stereocenters. The van der Waals surface area contributed by atoms with Crippen molar-refractivity contribution < 1.29 is 4.79 Å². The zero-order valence-corrected chi connectivity index (χ0v) is 12.2. The van der Waals surface area contributed by atoms with Crippen molar-refractivity contribution >= 4 is 5.91 Å². The molecule has 2 aliphatic rings. The van der Waals surface area contributed by atoms with E-state index in [1.807, 2.05) is 17.0 Å². The molecule has 5 heteroatoms. The van der Waals surface area contributed by atoms with Gasteiger partial charge in [0.05, 0.1) is 0 Å². The Kier molecular flexibility index (Phi) is 3.06. The first-order chi connectivity index (χ1) is 10.7. The maximum Gasteiger partial charge on any atom is 0.261 e.